The summed E-state index contributed by atoms with van der Waals surface area (Å²) < 4.78 is 33.1. The van der Waals surface area contributed by atoms with Crippen molar-refractivity contribution >= 4 is 0 Å². The minimum Gasteiger partial charge on any atom is -0.429 e. The number of para-hydroxylation sites is 1. The first-order chi connectivity index (χ1) is 10.6. The van der Waals surface area contributed by atoms with Crippen molar-refractivity contribution in [2.45, 2.75) is 6.11 Å². The van der Waals surface area contributed by atoms with E-state index in [0.29, 0.717) is 0 Å². The molecule has 3 rings (SSSR count). The van der Waals surface area contributed by atoms with Gasteiger partial charge in [-0.15, -0.1) is 0 Å². The van der Waals surface area contributed by atoms with Crippen molar-refractivity contribution in [1.82, 2.24) is 0 Å². The van der Waals surface area contributed by atoms with Crippen LogP contribution in [0, 0.1) is 0 Å². The lowest BCUT2D eigenvalue weighted by atomic mass is 10.0. The van der Waals surface area contributed by atoms with E-state index in [-0.39, 0.29) is 11.3 Å². The SMILES string of the molecule is FC(F)(Oc1ccccc1)c1ccc(-c2ccccc2)cc1. The Balaban J connectivity index is 1.82. The highest BCUT2D eigenvalue weighted by Gasteiger charge is 2.34. The first kappa shape index (κ1) is 14.3. The zero-order chi connectivity index (χ0) is 15.4. The van der Waals surface area contributed by atoms with Crippen LogP contribution in [-0.4, -0.2) is 0 Å². The molecule has 0 heterocycles. The molecule has 0 N–H and O–H groups in total. The second-order valence-electron chi connectivity index (χ2n) is 4.88. The average Bonchev–Trinajstić information content (AvgIpc) is 2.56. The molecule has 3 aromatic rings. The summed E-state index contributed by atoms with van der Waals surface area (Å²) in [6.07, 6.45) is -3.36. The van der Waals surface area contributed by atoms with Gasteiger partial charge in [0.25, 0.3) is 0 Å². The van der Waals surface area contributed by atoms with Crippen LogP contribution in [0.3, 0.4) is 0 Å². The van der Waals surface area contributed by atoms with Crippen LogP contribution < -0.4 is 4.74 Å². The molecule has 1 nitrogen and oxygen atoms in total. The summed E-state index contributed by atoms with van der Waals surface area (Å²) in [6.45, 7) is 0. The molecule has 22 heavy (non-hydrogen) atoms. The van der Waals surface area contributed by atoms with E-state index in [1.165, 1.54) is 24.3 Å². The van der Waals surface area contributed by atoms with Gasteiger partial charge in [0.2, 0.25) is 0 Å². The summed E-state index contributed by atoms with van der Waals surface area (Å²) in [5.41, 5.74) is 1.71. The summed E-state index contributed by atoms with van der Waals surface area (Å²) in [5.74, 6) is 0.139. The quantitative estimate of drug-likeness (QED) is 0.619. The standard InChI is InChI=1S/C19H14F2O/c20-19(21,22-18-9-5-2-6-10-18)17-13-11-16(12-14-17)15-7-3-1-4-8-15/h1-14H. The summed E-state index contributed by atoms with van der Waals surface area (Å²) in [7, 11) is 0. The molecule has 110 valence electrons. The minimum absolute atomic E-state index is 0.139. The first-order valence-electron chi connectivity index (χ1n) is 6.93. The maximum atomic E-state index is 14.2. The number of benzene rings is 3. The smallest absolute Gasteiger partial charge is 0.426 e. The van der Waals surface area contributed by atoms with Crippen molar-refractivity contribution in [3.8, 4) is 16.9 Å². The number of alkyl halides is 2. The van der Waals surface area contributed by atoms with Gasteiger partial charge in [-0.2, -0.15) is 8.78 Å². The summed E-state index contributed by atoms with van der Waals surface area (Å²) >= 11 is 0. The monoisotopic (exact) mass is 296 g/mol. The Labute approximate surface area is 127 Å². The molecular formula is C19H14F2O. The van der Waals surface area contributed by atoms with Crippen molar-refractivity contribution in [1.29, 1.82) is 0 Å². The van der Waals surface area contributed by atoms with Gasteiger partial charge in [-0.25, -0.2) is 0 Å². The van der Waals surface area contributed by atoms with Crippen molar-refractivity contribution in [2.24, 2.45) is 0 Å². The average molecular weight is 296 g/mol. The fourth-order valence-electron chi connectivity index (χ4n) is 2.18. The lowest BCUT2D eigenvalue weighted by Crippen LogP contribution is -2.21. The zero-order valence-electron chi connectivity index (χ0n) is 11.7. The number of hydrogen-bond donors (Lipinski definition) is 0. The van der Waals surface area contributed by atoms with Crippen LogP contribution in [-0.2, 0) is 6.11 Å². The van der Waals surface area contributed by atoms with Gasteiger partial charge in [0, 0.05) is 0 Å². The van der Waals surface area contributed by atoms with E-state index in [4.69, 9.17) is 4.74 Å². The van der Waals surface area contributed by atoms with Crippen molar-refractivity contribution < 1.29 is 13.5 Å². The molecule has 0 saturated heterocycles. The largest absolute Gasteiger partial charge is 0.429 e. The molecule has 0 bridgehead atoms. The fourth-order valence-corrected chi connectivity index (χ4v) is 2.18. The molecule has 0 aliphatic heterocycles. The maximum absolute atomic E-state index is 14.2. The number of hydrogen-bond acceptors (Lipinski definition) is 1. The van der Waals surface area contributed by atoms with E-state index in [2.05, 4.69) is 0 Å². The highest BCUT2D eigenvalue weighted by Crippen LogP contribution is 2.32. The van der Waals surface area contributed by atoms with Crippen LogP contribution in [0.25, 0.3) is 11.1 Å². The number of halogens is 2. The molecule has 0 radical (unpaired) electrons. The number of rotatable bonds is 4. The van der Waals surface area contributed by atoms with Crippen LogP contribution in [0.2, 0.25) is 0 Å². The molecule has 3 aromatic carbocycles. The van der Waals surface area contributed by atoms with Crippen LogP contribution in [0.15, 0.2) is 84.9 Å². The fraction of sp³-hybridized carbons (Fsp3) is 0.0526. The summed E-state index contributed by atoms with van der Waals surface area (Å²) in [4.78, 5) is 0. The van der Waals surface area contributed by atoms with E-state index in [1.807, 2.05) is 30.3 Å². The molecule has 0 aliphatic carbocycles. The normalized spacial score (nSPS) is 11.2. The second kappa shape index (κ2) is 5.98. The molecule has 0 spiro atoms. The molecule has 0 unspecified atom stereocenters. The van der Waals surface area contributed by atoms with Gasteiger partial charge in [-0.05, 0) is 35.4 Å². The Morgan fingerprint density at radius 1 is 0.591 bits per heavy atom. The first-order valence-corrected chi connectivity index (χ1v) is 6.93. The van der Waals surface area contributed by atoms with Crippen LogP contribution in [0.5, 0.6) is 5.75 Å². The van der Waals surface area contributed by atoms with E-state index in [1.54, 1.807) is 30.3 Å². The van der Waals surface area contributed by atoms with Gasteiger partial charge in [0.05, 0.1) is 5.56 Å². The third-order valence-corrected chi connectivity index (χ3v) is 3.32. The Morgan fingerprint density at radius 3 is 1.68 bits per heavy atom. The Morgan fingerprint density at radius 2 is 1.09 bits per heavy atom. The Hall–Kier alpha value is -2.68. The van der Waals surface area contributed by atoms with Crippen molar-refractivity contribution in [2.75, 3.05) is 0 Å². The predicted octanol–water partition coefficient (Wildman–Crippen LogP) is 5.48. The Kier molecular flexibility index (Phi) is 3.88. The molecule has 3 heteroatoms. The molecular weight excluding hydrogens is 282 g/mol. The van der Waals surface area contributed by atoms with Gasteiger partial charge >= 0.3 is 6.11 Å². The highest BCUT2D eigenvalue weighted by atomic mass is 19.3. The minimum atomic E-state index is -3.36. The molecule has 0 saturated carbocycles. The third-order valence-electron chi connectivity index (χ3n) is 3.32. The lowest BCUT2D eigenvalue weighted by Gasteiger charge is -2.18. The zero-order valence-corrected chi connectivity index (χ0v) is 11.7. The van der Waals surface area contributed by atoms with Gasteiger partial charge in [0.15, 0.2) is 0 Å². The van der Waals surface area contributed by atoms with Gasteiger partial charge in [-0.3, -0.25) is 0 Å². The summed E-state index contributed by atoms with van der Waals surface area (Å²) in [5, 5.41) is 0. The van der Waals surface area contributed by atoms with Gasteiger partial charge in [-0.1, -0.05) is 60.7 Å². The topological polar surface area (TPSA) is 9.23 Å². The van der Waals surface area contributed by atoms with E-state index < -0.39 is 6.11 Å². The molecule has 0 aliphatic rings. The van der Waals surface area contributed by atoms with Crippen molar-refractivity contribution in [3.05, 3.63) is 90.5 Å². The maximum Gasteiger partial charge on any atom is 0.426 e. The third kappa shape index (κ3) is 3.14. The van der Waals surface area contributed by atoms with Crippen LogP contribution in [0.1, 0.15) is 5.56 Å². The lowest BCUT2D eigenvalue weighted by molar-refractivity contribution is -0.185. The van der Waals surface area contributed by atoms with Crippen LogP contribution in [0.4, 0.5) is 8.78 Å². The molecule has 0 aromatic heterocycles. The van der Waals surface area contributed by atoms with Gasteiger partial charge in [0.1, 0.15) is 5.75 Å². The van der Waals surface area contributed by atoms with Crippen molar-refractivity contribution in [3.63, 3.8) is 0 Å². The van der Waals surface area contributed by atoms with Gasteiger partial charge < -0.3 is 4.74 Å². The Bertz CT molecular complexity index is 722. The number of ether oxygens (including phenoxy) is 1. The van der Waals surface area contributed by atoms with E-state index >= 15 is 0 Å². The predicted molar refractivity (Wildman–Crippen MR) is 82.8 cm³/mol. The highest BCUT2D eigenvalue weighted by molar-refractivity contribution is 5.63. The second-order valence-corrected chi connectivity index (χ2v) is 4.88. The molecule has 0 amide bonds. The molecule has 0 atom stereocenters. The molecule has 0 fully saturated rings. The summed E-state index contributed by atoms with van der Waals surface area (Å²) in [6, 6.07) is 23.8. The van der Waals surface area contributed by atoms with Crippen LogP contribution >= 0.6 is 0 Å². The van der Waals surface area contributed by atoms with E-state index in [9.17, 15) is 8.78 Å². The van der Waals surface area contributed by atoms with E-state index in [0.717, 1.165) is 11.1 Å².